The zero-order valence-corrected chi connectivity index (χ0v) is 7.73. The SMILES string of the molecule is COCc1cnc(CO)c(C(=O)O)c1. The van der Waals surface area contributed by atoms with Crippen LogP contribution in [0.1, 0.15) is 21.6 Å². The summed E-state index contributed by atoms with van der Waals surface area (Å²) in [6.45, 7) is -0.0755. The molecule has 76 valence electrons. The maximum Gasteiger partial charge on any atom is 0.337 e. The minimum atomic E-state index is -1.10. The molecule has 2 N–H and O–H groups in total. The number of ether oxygens (including phenoxy) is 1. The molecule has 0 bridgehead atoms. The normalized spacial score (nSPS) is 10.1. The van der Waals surface area contributed by atoms with Crippen LogP contribution >= 0.6 is 0 Å². The third kappa shape index (κ3) is 2.27. The second-order valence-corrected chi connectivity index (χ2v) is 2.73. The molecule has 1 aromatic heterocycles. The summed E-state index contributed by atoms with van der Waals surface area (Å²) in [5.41, 5.74) is 0.849. The van der Waals surface area contributed by atoms with Crippen LogP contribution in [0.3, 0.4) is 0 Å². The van der Waals surface area contributed by atoms with Gasteiger partial charge in [-0.05, 0) is 11.6 Å². The first-order valence-electron chi connectivity index (χ1n) is 4.00. The van der Waals surface area contributed by atoms with Crippen molar-refractivity contribution >= 4 is 5.97 Å². The Labute approximate surface area is 81.0 Å². The highest BCUT2D eigenvalue weighted by Gasteiger charge is 2.11. The third-order valence-electron chi connectivity index (χ3n) is 1.72. The van der Waals surface area contributed by atoms with Crippen LogP contribution < -0.4 is 0 Å². The number of methoxy groups -OCH3 is 1. The highest BCUT2D eigenvalue weighted by molar-refractivity contribution is 5.88. The van der Waals surface area contributed by atoms with Crippen LogP contribution in [0, 0.1) is 0 Å². The van der Waals surface area contributed by atoms with Crippen LogP contribution in [-0.2, 0) is 18.0 Å². The van der Waals surface area contributed by atoms with Gasteiger partial charge in [0.2, 0.25) is 0 Å². The predicted octanol–water partition coefficient (Wildman–Crippen LogP) is 0.419. The van der Waals surface area contributed by atoms with Gasteiger partial charge in [-0.25, -0.2) is 4.79 Å². The summed E-state index contributed by atoms with van der Waals surface area (Å²) in [7, 11) is 1.51. The number of carboxylic acids is 1. The largest absolute Gasteiger partial charge is 0.478 e. The number of nitrogens with zero attached hydrogens (tertiary/aromatic N) is 1. The number of aromatic carboxylic acids is 1. The van der Waals surface area contributed by atoms with Crippen LogP contribution in [0.15, 0.2) is 12.3 Å². The van der Waals surface area contributed by atoms with Crippen molar-refractivity contribution in [2.45, 2.75) is 13.2 Å². The van der Waals surface area contributed by atoms with E-state index in [-0.39, 0.29) is 17.9 Å². The lowest BCUT2D eigenvalue weighted by Gasteiger charge is -2.04. The highest BCUT2D eigenvalue weighted by atomic mass is 16.5. The lowest BCUT2D eigenvalue weighted by molar-refractivity contribution is 0.0692. The molecule has 5 heteroatoms. The Kier molecular flexibility index (Phi) is 3.55. The van der Waals surface area contributed by atoms with E-state index < -0.39 is 5.97 Å². The average molecular weight is 197 g/mol. The first-order chi connectivity index (χ1) is 6.69. The number of pyridine rings is 1. The van der Waals surface area contributed by atoms with Gasteiger partial charge in [0.1, 0.15) is 0 Å². The fourth-order valence-corrected chi connectivity index (χ4v) is 1.09. The van der Waals surface area contributed by atoms with Crippen LogP contribution in [-0.4, -0.2) is 28.3 Å². The smallest absolute Gasteiger partial charge is 0.337 e. The molecular formula is C9H11NO4. The summed E-state index contributed by atoms with van der Waals surface area (Å²) < 4.78 is 4.84. The van der Waals surface area contributed by atoms with Gasteiger partial charge in [-0.15, -0.1) is 0 Å². The lowest BCUT2D eigenvalue weighted by Crippen LogP contribution is -2.06. The van der Waals surface area contributed by atoms with Gasteiger partial charge in [0.15, 0.2) is 0 Å². The number of carbonyl (C=O) groups is 1. The number of hydrogen-bond donors (Lipinski definition) is 2. The molecule has 1 aromatic rings. The fraction of sp³-hybridized carbons (Fsp3) is 0.333. The second kappa shape index (κ2) is 4.69. The average Bonchev–Trinajstić information content (AvgIpc) is 2.18. The van der Waals surface area contributed by atoms with Crippen molar-refractivity contribution in [2.75, 3.05) is 7.11 Å². The van der Waals surface area contributed by atoms with E-state index in [9.17, 15) is 4.79 Å². The summed E-state index contributed by atoms with van der Waals surface area (Å²) in [6.07, 6.45) is 1.49. The highest BCUT2D eigenvalue weighted by Crippen LogP contribution is 2.10. The first-order valence-corrected chi connectivity index (χ1v) is 4.00. The summed E-state index contributed by atoms with van der Waals surface area (Å²) in [5.74, 6) is -1.10. The summed E-state index contributed by atoms with van der Waals surface area (Å²) in [5, 5.41) is 17.6. The maximum atomic E-state index is 10.7. The van der Waals surface area contributed by atoms with Crippen molar-refractivity contribution < 1.29 is 19.7 Å². The number of hydrogen-bond acceptors (Lipinski definition) is 4. The molecular weight excluding hydrogens is 186 g/mol. The minimum absolute atomic E-state index is 0.0158. The molecule has 1 heterocycles. The van der Waals surface area contributed by atoms with Gasteiger partial charge in [-0.3, -0.25) is 4.98 Å². The minimum Gasteiger partial charge on any atom is -0.478 e. The number of rotatable bonds is 4. The molecule has 0 fully saturated rings. The molecule has 0 radical (unpaired) electrons. The van der Waals surface area contributed by atoms with Crippen LogP contribution in [0.5, 0.6) is 0 Å². The molecule has 0 aliphatic carbocycles. The molecule has 0 atom stereocenters. The van der Waals surface area contributed by atoms with Gasteiger partial charge < -0.3 is 14.9 Å². The van der Waals surface area contributed by atoms with E-state index in [1.165, 1.54) is 19.4 Å². The fourth-order valence-electron chi connectivity index (χ4n) is 1.09. The lowest BCUT2D eigenvalue weighted by atomic mass is 10.1. The second-order valence-electron chi connectivity index (χ2n) is 2.73. The summed E-state index contributed by atoms with van der Waals surface area (Å²) >= 11 is 0. The Bertz CT molecular complexity index is 338. The quantitative estimate of drug-likeness (QED) is 0.731. The molecule has 0 aromatic carbocycles. The Morgan fingerprint density at radius 1 is 1.64 bits per heavy atom. The van der Waals surface area contributed by atoms with E-state index in [2.05, 4.69) is 4.98 Å². The zero-order valence-electron chi connectivity index (χ0n) is 7.73. The van der Waals surface area contributed by atoms with Gasteiger partial charge >= 0.3 is 5.97 Å². The maximum absolute atomic E-state index is 10.7. The molecule has 14 heavy (non-hydrogen) atoms. The third-order valence-corrected chi connectivity index (χ3v) is 1.72. The van der Waals surface area contributed by atoms with Crippen molar-refractivity contribution in [2.24, 2.45) is 0 Å². The Morgan fingerprint density at radius 3 is 2.86 bits per heavy atom. The van der Waals surface area contributed by atoms with Crippen molar-refractivity contribution in [3.05, 3.63) is 29.1 Å². The monoisotopic (exact) mass is 197 g/mol. The van der Waals surface area contributed by atoms with E-state index >= 15 is 0 Å². The Hall–Kier alpha value is -1.46. The topological polar surface area (TPSA) is 79.7 Å². The van der Waals surface area contributed by atoms with Gasteiger partial charge in [0, 0.05) is 13.3 Å². The number of carboxylic acid groups (broad SMARTS) is 1. The Morgan fingerprint density at radius 2 is 2.36 bits per heavy atom. The van der Waals surface area contributed by atoms with E-state index in [0.717, 1.165) is 0 Å². The number of aromatic nitrogens is 1. The molecule has 0 saturated heterocycles. The molecule has 0 spiro atoms. The first kappa shape index (κ1) is 10.6. The summed E-state index contributed by atoms with van der Waals surface area (Å²) in [4.78, 5) is 14.6. The van der Waals surface area contributed by atoms with Gasteiger partial charge in [0.05, 0.1) is 24.5 Å². The van der Waals surface area contributed by atoms with Crippen LogP contribution in [0.25, 0.3) is 0 Å². The molecule has 0 aliphatic heterocycles. The zero-order chi connectivity index (χ0) is 10.6. The molecule has 1 rings (SSSR count). The van der Waals surface area contributed by atoms with Crippen molar-refractivity contribution in [3.63, 3.8) is 0 Å². The number of aliphatic hydroxyl groups is 1. The number of aliphatic hydroxyl groups excluding tert-OH is 1. The van der Waals surface area contributed by atoms with Gasteiger partial charge in [-0.2, -0.15) is 0 Å². The van der Waals surface area contributed by atoms with Crippen molar-refractivity contribution in [1.82, 2.24) is 4.98 Å². The van der Waals surface area contributed by atoms with E-state index in [4.69, 9.17) is 14.9 Å². The molecule has 0 aliphatic rings. The molecule has 0 amide bonds. The van der Waals surface area contributed by atoms with Gasteiger partial charge in [-0.1, -0.05) is 0 Å². The van der Waals surface area contributed by atoms with Crippen LogP contribution in [0.2, 0.25) is 0 Å². The Balaban J connectivity index is 3.07. The standard InChI is InChI=1S/C9H11NO4/c1-14-5-6-2-7(9(12)13)8(4-11)10-3-6/h2-3,11H,4-5H2,1H3,(H,12,13). The summed E-state index contributed by atoms with van der Waals surface area (Å²) in [6, 6.07) is 1.45. The van der Waals surface area contributed by atoms with Crippen molar-refractivity contribution in [1.29, 1.82) is 0 Å². The van der Waals surface area contributed by atoms with E-state index in [1.54, 1.807) is 0 Å². The molecule has 5 nitrogen and oxygen atoms in total. The van der Waals surface area contributed by atoms with Crippen molar-refractivity contribution in [3.8, 4) is 0 Å². The van der Waals surface area contributed by atoms with E-state index in [0.29, 0.717) is 12.2 Å². The predicted molar refractivity (Wildman–Crippen MR) is 47.8 cm³/mol. The van der Waals surface area contributed by atoms with Crippen LogP contribution in [0.4, 0.5) is 0 Å². The van der Waals surface area contributed by atoms with Gasteiger partial charge in [0.25, 0.3) is 0 Å². The molecule has 0 unspecified atom stereocenters. The molecule has 0 saturated carbocycles. The van der Waals surface area contributed by atoms with E-state index in [1.807, 2.05) is 0 Å².